The average Bonchev–Trinajstić information content (AvgIpc) is 2.86. The number of amides is 2. The Bertz CT molecular complexity index is 955. The van der Waals surface area contributed by atoms with Crippen molar-refractivity contribution in [3.05, 3.63) is 64.7 Å². The second-order valence-corrected chi connectivity index (χ2v) is 9.83. The zero-order chi connectivity index (χ0) is 23.9. The lowest BCUT2D eigenvalue weighted by Gasteiger charge is -2.44. The van der Waals surface area contributed by atoms with E-state index in [0.717, 1.165) is 55.4 Å². The molecule has 1 saturated carbocycles. The van der Waals surface area contributed by atoms with Crippen LogP contribution in [-0.4, -0.2) is 47.4 Å². The fourth-order valence-electron chi connectivity index (χ4n) is 5.01. The summed E-state index contributed by atoms with van der Waals surface area (Å²) in [4.78, 5) is 30.8. The molecule has 5 nitrogen and oxygen atoms in total. The largest absolute Gasteiger partial charge is 0.494 e. The summed E-state index contributed by atoms with van der Waals surface area (Å²) in [7, 11) is 0. The number of piperazine rings is 1. The molecule has 0 bridgehead atoms. The zero-order valence-electron chi connectivity index (χ0n) is 20.0. The van der Waals surface area contributed by atoms with Crippen LogP contribution < -0.4 is 4.74 Å². The van der Waals surface area contributed by atoms with Crippen LogP contribution in [0.25, 0.3) is 0 Å². The van der Waals surface area contributed by atoms with Crippen LogP contribution in [0.15, 0.2) is 48.5 Å². The molecule has 6 heteroatoms. The standard InChI is InChI=1S/C28H35ClN2O3/c1-2-3-19-34-25-15-11-22(12-16-25)27-28(33)31(24-7-5-4-6-8-24)20-26(32)30(27)18-17-21-9-13-23(29)14-10-21/h9-16,24,27H,2-8,17-20H2,1H3. The third-order valence-corrected chi connectivity index (χ3v) is 7.24. The molecule has 1 saturated heterocycles. The summed E-state index contributed by atoms with van der Waals surface area (Å²) in [6.45, 7) is 3.48. The maximum Gasteiger partial charge on any atom is 0.250 e. The lowest BCUT2D eigenvalue weighted by Crippen LogP contribution is -2.58. The number of hydrogen-bond acceptors (Lipinski definition) is 3. The van der Waals surface area contributed by atoms with Gasteiger partial charge in [0.25, 0.3) is 5.91 Å². The molecule has 2 aromatic rings. The summed E-state index contributed by atoms with van der Waals surface area (Å²) in [6, 6.07) is 15.0. The van der Waals surface area contributed by atoms with E-state index in [1.54, 1.807) is 4.90 Å². The Morgan fingerprint density at radius 3 is 2.35 bits per heavy atom. The Hall–Kier alpha value is -2.53. The van der Waals surface area contributed by atoms with E-state index in [1.165, 1.54) is 6.42 Å². The predicted octanol–water partition coefficient (Wildman–Crippen LogP) is 5.81. The molecule has 2 amide bonds. The topological polar surface area (TPSA) is 49.9 Å². The van der Waals surface area contributed by atoms with Crippen LogP contribution in [0.5, 0.6) is 5.75 Å². The maximum atomic E-state index is 13.8. The number of halogens is 1. The van der Waals surface area contributed by atoms with E-state index in [4.69, 9.17) is 16.3 Å². The second-order valence-electron chi connectivity index (χ2n) is 9.40. The first-order valence-electron chi connectivity index (χ1n) is 12.6. The molecule has 2 aliphatic rings. The Morgan fingerprint density at radius 2 is 1.68 bits per heavy atom. The van der Waals surface area contributed by atoms with E-state index in [0.29, 0.717) is 24.6 Å². The van der Waals surface area contributed by atoms with Crippen LogP contribution >= 0.6 is 11.6 Å². The van der Waals surface area contributed by atoms with Gasteiger partial charge in [0.15, 0.2) is 0 Å². The molecular weight excluding hydrogens is 448 g/mol. The summed E-state index contributed by atoms with van der Waals surface area (Å²) in [5.41, 5.74) is 1.94. The van der Waals surface area contributed by atoms with Crippen molar-refractivity contribution in [2.24, 2.45) is 0 Å². The summed E-state index contributed by atoms with van der Waals surface area (Å²) in [5, 5.41) is 0.690. The molecule has 0 aromatic heterocycles. The number of nitrogens with zero attached hydrogens (tertiary/aromatic N) is 2. The van der Waals surface area contributed by atoms with Gasteiger partial charge in [0.2, 0.25) is 5.91 Å². The lowest BCUT2D eigenvalue weighted by molar-refractivity contribution is -0.159. The summed E-state index contributed by atoms with van der Waals surface area (Å²) >= 11 is 6.02. The third kappa shape index (κ3) is 5.93. The first kappa shape index (κ1) is 24.6. The molecule has 1 unspecified atom stereocenters. The molecule has 4 rings (SSSR count). The van der Waals surface area contributed by atoms with Crippen LogP contribution in [0.4, 0.5) is 0 Å². The van der Waals surface area contributed by atoms with Gasteiger partial charge in [-0.15, -0.1) is 0 Å². The van der Waals surface area contributed by atoms with E-state index in [-0.39, 0.29) is 24.4 Å². The number of ether oxygens (including phenoxy) is 1. The lowest BCUT2D eigenvalue weighted by atomic mass is 9.91. The van der Waals surface area contributed by atoms with E-state index >= 15 is 0 Å². The van der Waals surface area contributed by atoms with Gasteiger partial charge in [0.05, 0.1) is 6.61 Å². The normalized spacial score (nSPS) is 19.5. The number of hydrogen-bond donors (Lipinski definition) is 0. The van der Waals surface area contributed by atoms with E-state index in [2.05, 4.69) is 6.92 Å². The van der Waals surface area contributed by atoms with Gasteiger partial charge >= 0.3 is 0 Å². The smallest absolute Gasteiger partial charge is 0.250 e. The molecule has 2 fully saturated rings. The molecule has 182 valence electrons. The minimum absolute atomic E-state index is 0.0207. The second kappa shape index (κ2) is 11.7. The van der Waals surface area contributed by atoms with Crippen molar-refractivity contribution in [1.29, 1.82) is 0 Å². The Balaban J connectivity index is 1.56. The Kier molecular flexibility index (Phi) is 8.49. The average molecular weight is 483 g/mol. The van der Waals surface area contributed by atoms with Crippen LogP contribution in [0.3, 0.4) is 0 Å². The molecular formula is C28H35ClN2O3. The molecule has 1 heterocycles. The fraction of sp³-hybridized carbons (Fsp3) is 0.500. The summed E-state index contributed by atoms with van der Waals surface area (Å²) in [6.07, 6.45) is 8.19. The monoisotopic (exact) mass is 482 g/mol. The van der Waals surface area contributed by atoms with Crippen molar-refractivity contribution >= 4 is 23.4 Å². The number of rotatable bonds is 9. The number of carbonyl (C=O) groups is 2. The fourth-order valence-corrected chi connectivity index (χ4v) is 5.13. The van der Waals surface area contributed by atoms with Crippen molar-refractivity contribution < 1.29 is 14.3 Å². The molecule has 34 heavy (non-hydrogen) atoms. The molecule has 1 aliphatic carbocycles. The van der Waals surface area contributed by atoms with Gasteiger partial charge in [-0.3, -0.25) is 9.59 Å². The van der Waals surface area contributed by atoms with Crippen molar-refractivity contribution in [2.75, 3.05) is 19.7 Å². The summed E-state index contributed by atoms with van der Waals surface area (Å²) < 4.78 is 5.81. The molecule has 2 aromatic carbocycles. The van der Waals surface area contributed by atoms with Crippen molar-refractivity contribution in [3.8, 4) is 5.75 Å². The van der Waals surface area contributed by atoms with Crippen molar-refractivity contribution in [1.82, 2.24) is 9.80 Å². The van der Waals surface area contributed by atoms with Crippen molar-refractivity contribution in [2.45, 2.75) is 70.4 Å². The minimum atomic E-state index is -0.597. The zero-order valence-corrected chi connectivity index (χ0v) is 20.8. The van der Waals surface area contributed by atoms with Gasteiger partial charge in [-0.1, -0.05) is 68.5 Å². The van der Waals surface area contributed by atoms with Crippen molar-refractivity contribution in [3.63, 3.8) is 0 Å². The Labute approximate surface area is 208 Å². The maximum absolute atomic E-state index is 13.8. The highest BCUT2D eigenvalue weighted by Gasteiger charge is 2.42. The Morgan fingerprint density at radius 1 is 0.971 bits per heavy atom. The van der Waals surface area contributed by atoms with Crippen LogP contribution in [0, 0.1) is 0 Å². The van der Waals surface area contributed by atoms with Gasteiger partial charge in [0, 0.05) is 17.6 Å². The highest BCUT2D eigenvalue weighted by atomic mass is 35.5. The van der Waals surface area contributed by atoms with E-state index in [9.17, 15) is 9.59 Å². The van der Waals surface area contributed by atoms with E-state index < -0.39 is 6.04 Å². The minimum Gasteiger partial charge on any atom is -0.494 e. The predicted molar refractivity (Wildman–Crippen MR) is 135 cm³/mol. The van der Waals surface area contributed by atoms with Gasteiger partial charge in [0.1, 0.15) is 18.3 Å². The van der Waals surface area contributed by atoms with Crippen LogP contribution in [0.2, 0.25) is 5.02 Å². The van der Waals surface area contributed by atoms with Gasteiger partial charge < -0.3 is 14.5 Å². The highest BCUT2D eigenvalue weighted by Crippen LogP contribution is 2.33. The first-order valence-corrected chi connectivity index (χ1v) is 13.0. The van der Waals surface area contributed by atoms with Crippen LogP contribution in [0.1, 0.15) is 69.0 Å². The number of benzene rings is 2. The highest BCUT2D eigenvalue weighted by molar-refractivity contribution is 6.30. The van der Waals surface area contributed by atoms with Crippen LogP contribution in [-0.2, 0) is 16.0 Å². The quantitative estimate of drug-likeness (QED) is 0.424. The molecule has 1 aliphatic heterocycles. The molecule has 0 spiro atoms. The van der Waals surface area contributed by atoms with Gasteiger partial charge in [-0.05, 0) is 61.1 Å². The SMILES string of the molecule is CCCCOc1ccc(C2C(=O)N(C3CCCCC3)CC(=O)N2CCc2ccc(Cl)cc2)cc1. The molecule has 0 N–H and O–H groups in total. The molecule has 0 radical (unpaired) electrons. The van der Waals surface area contributed by atoms with Gasteiger partial charge in [-0.25, -0.2) is 0 Å². The van der Waals surface area contributed by atoms with Gasteiger partial charge in [-0.2, -0.15) is 0 Å². The molecule has 1 atom stereocenters. The number of unbranched alkanes of at least 4 members (excludes halogenated alkanes) is 1. The third-order valence-electron chi connectivity index (χ3n) is 6.99. The van der Waals surface area contributed by atoms with E-state index in [1.807, 2.05) is 53.4 Å². The summed E-state index contributed by atoms with van der Waals surface area (Å²) in [5.74, 6) is 0.860. The first-order chi connectivity index (χ1) is 16.6. The number of carbonyl (C=O) groups excluding carboxylic acids is 2.